The zero-order chi connectivity index (χ0) is 13.0. The lowest BCUT2D eigenvalue weighted by molar-refractivity contribution is -0.141. The summed E-state index contributed by atoms with van der Waals surface area (Å²) in [5.74, 6) is -1.12. The van der Waals surface area contributed by atoms with E-state index in [1.807, 2.05) is 0 Å². The van der Waals surface area contributed by atoms with Gasteiger partial charge in [-0.2, -0.15) is 0 Å². The van der Waals surface area contributed by atoms with Crippen LogP contribution in [-0.4, -0.2) is 28.1 Å². The summed E-state index contributed by atoms with van der Waals surface area (Å²) in [5, 5.41) is 14.3. The number of urea groups is 1. The molecule has 0 saturated heterocycles. The highest BCUT2D eigenvalue weighted by atomic mass is 16.4. The molecule has 1 aliphatic rings. The zero-order valence-electron chi connectivity index (χ0n) is 9.80. The first-order valence-corrected chi connectivity index (χ1v) is 5.85. The minimum absolute atomic E-state index is 0.0669. The van der Waals surface area contributed by atoms with Crippen molar-refractivity contribution in [3.8, 4) is 0 Å². The van der Waals surface area contributed by atoms with Crippen molar-refractivity contribution in [3.05, 3.63) is 24.5 Å². The second kappa shape index (κ2) is 5.48. The van der Waals surface area contributed by atoms with Gasteiger partial charge < -0.3 is 15.7 Å². The molecule has 2 rings (SSSR count). The normalized spacial score (nSPS) is 22.4. The van der Waals surface area contributed by atoms with Gasteiger partial charge in [-0.15, -0.1) is 0 Å². The van der Waals surface area contributed by atoms with Gasteiger partial charge in [0.05, 0.1) is 17.8 Å². The van der Waals surface area contributed by atoms with Gasteiger partial charge in [0, 0.05) is 12.2 Å². The van der Waals surface area contributed by atoms with E-state index in [0.29, 0.717) is 24.9 Å². The highest BCUT2D eigenvalue weighted by Crippen LogP contribution is 2.25. The van der Waals surface area contributed by atoms with Crippen LogP contribution in [0.4, 0.5) is 10.5 Å². The van der Waals surface area contributed by atoms with E-state index in [-0.39, 0.29) is 18.0 Å². The number of anilines is 1. The van der Waals surface area contributed by atoms with Crippen LogP contribution in [0, 0.1) is 5.92 Å². The van der Waals surface area contributed by atoms with E-state index < -0.39 is 5.97 Å². The molecule has 1 saturated carbocycles. The molecule has 1 heterocycles. The van der Waals surface area contributed by atoms with Crippen molar-refractivity contribution in [3.63, 3.8) is 0 Å². The number of aliphatic carboxylic acids is 1. The average Bonchev–Trinajstić information content (AvgIpc) is 2.78. The minimum atomic E-state index is -0.785. The largest absolute Gasteiger partial charge is 0.481 e. The summed E-state index contributed by atoms with van der Waals surface area (Å²) in [6.45, 7) is 0. The zero-order valence-corrected chi connectivity index (χ0v) is 9.80. The van der Waals surface area contributed by atoms with E-state index in [4.69, 9.17) is 5.11 Å². The Kier molecular flexibility index (Phi) is 3.76. The summed E-state index contributed by atoms with van der Waals surface area (Å²) < 4.78 is 0. The van der Waals surface area contributed by atoms with Crippen LogP contribution < -0.4 is 10.6 Å². The standard InChI is InChI=1S/C12H15N3O3/c16-11(17)8-3-4-9(6-8)14-12(18)15-10-2-1-5-13-7-10/h1-2,5,7-9H,3-4,6H2,(H,16,17)(H2,14,15,18)/t8-,9+/m1/s1. The van der Waals surface area contributed by atoms with Crippen molar-refractivity contribution >= 4 is 17.7 Å². The fraction of sp³-hybridized carbons (Fsp3) is 0.417. The molecule has 0 aromatic carbocycles. The van der Waals surface area contributed by atoms with E-state index >= 15 is 0 Å². The molecule has 0 bridgehead atoms. The Hall–Kier alpha value is -2.11. The van der Waals surface area contributed by atoms with Gasteiger partial charge in [0.1, 0.15) is 0 Å². The van der Waals surface area contributed by atoms with Crippen LogP contribution in [0.3, 0.4) is 0 Å². The molecule has 18 heavy (non-hydrogen) atoms. The van der Waals surface area contributed by atoms with Gasteiger partial charge in [-0.1, -0.05) is 0 Å². The summed E-state index contributed by atoms with van der Waals surface area (Å²) >= 11 is 0. The molecule has 2 amide bonds. The van der Waals surface area contributed by atoms with Crippen LogP contribution in [0.25, 0.3) is 0 Å². The van der Waals surface area contributed by atoms with Crippen molar-refractivity contribution in [1.29, 1.82) is 0 Å². The van der Waals surface area contributed by atoms with Crippen molar-refractivity contribution in [2.24, 2.45) is 5.92 Å². The molecule has 1 aliphatic carbocycles. The molecular formula is C12H15N3O3. The predicted octanol–water partition coefficient (Wildman–Crippen LogP) is 1.46. The number of amides is 2. The molecule has 3 N–H and O–H groups in total. The molecule has 1 fully saturated rings. The lowest BCUT2D eigenvalue weighted by Crippen LogP contribution is -2.36. The quantitative estimate of drug-likeness (QED) is 0.756. The van der Waals surface area contributed by atoms with Gasteiger partial charge >= 0.3 is 12.0 Å². The van der Waals surface area contributed by atoms with Gasteiger partial charge in [0.25, 0.3) is 0 Å². The number of nitrogens with zero attached hydrogens (tertiary/aromatic N) is 1. The van der Waals surface area contributed by atoms with E-state index in [1.165, 1.54) is 0 Å². The van der Waals surface area contributed by atoms with Gasteiger partial charge in [-0.05, 0) is 31.4 Å². The van der Waals surface area contributed by atoms with Crippen LogP contribution in [0.2, 0.25) is 0 Å². The van der Waals surface area contributed by atoms with E-state index in [9.17, 15) is 9.59 Å². The number of hydrogen-bond acceptors (Lipinski definition) is 3. The van der Waals surface area contributed by atoms with E-state index in [1.54, 1.807) is 24.5 Å². The Bertz CT molecular complexity index is 435. The molecular weight excluding hydrogens is 234 g/mol. The number of carbonyl (C=O) groups excluding carboxylic acids is 1. The van der Waals surface area contributed by atoms with Crippen LogP contribution in [0.15, 0.2) is 24.5 Å². The Morgan fingerprint density at radius 3 is 2.83 bits per heavy atom. The summed E-state index contributed by atoms with van der Waals surface area (Å²) in [6.07, 6.45) is 4.99. The van der Waals surface area contributed by atoms with Crippen LogP contribution in [0.1, 0.15) is 19.3 Å². The summed E-state index contributed by atoms with van der Waals surface area (Å²) in [6, 6.07) is 3.08. The number of carboxylic acid groups (broad SMARTS) is 1. The Morgan fingerprint density at radius 2 is 2.22 bits per heavy atom. The fourth-order valence-electron chi connectivity index (χ4n) is 2.13. The maximum atomic E-state index is 11.6. The molecule has 0 spiro atoms. The Morgan fingerprint density at radius 1 is 1.39 bits per heavy atom. The molecule has 1 aromatic heterocycles. The number of nitrogens with one attached hydrogen (secondary N) is 2. The van der Waals surface area contributed by atoms with E-state index in [2.05, 4.69) is 15.6 Å². The predicted molar refractivity (Wildman–Crippen MR) is 65.2 cm³/mol. The van der Waals surface area contributed by atoms with Crippen LogP contribution >= 0.6 is 0 Å². The lowest BCUT2D eigenvalue weighted by Gasteiger charge is -2.13. The van der Waals surface area contributed by atoms with Gasteiger partial charge in [-0.25, -0.2) is 4.79 Å². The van der Waals surface area contributed by atoms with Crippen molar-refractivity contribution < 1.29 is 14.7 Å². The molecule has 6 heteroatoms. The molecule has 1 aromatic rings. The van der Waals surface area contributed by atoms with Gasteiger partial charge in [0.15, 0.2) is 0 Å². The second-order valence-corrected chi connectivity index (χ2v) is 4.39. The Balaban J connectivity index is 1.80. The topological polar surface area (TPSA) is 91.3 Å². The molecule has 0 radical (unpaired) electrons. The van der Waals surface area contributed by atoms with Crippen molar-refractivity contribution in [2.45, 2.75) is 25.3 Å². The number of rotatable bonds is 3. The third kappa shape index (κ3) is 3.19. The molecule has 2 atom stereocenters. The SMILES string of the molecule is O=C(Nc1cccnc1)N[C@H]1CC[C@@H](C(=O)O)C1. The maximum Gasteiger partial charge on any atom is 0.319 e. The monoisotopic (exact) mass is 249 g/mol. The number of carboxylic acids is 1. The third-order valence-electron chi connectivity index (χ3n) is 3.04. The van der Waals surface area contributed by atoms with E-state index in [0.717, 1.165) is 0 Å². The molecule has 96 valence electrons. The number of pyridine rings is 1. The first-order chi connectivity index (χ1) is 8.65. The van der Waals surface area contributed by atoms with Crippen LogP contribution in [0.5, 0.6) is 0 Å². The highest BCUT2D eigenvalue weighted by Gasteiger charge is 2.30. The van der Waals surface area contributed by atoms with Crippen molar-refractivity contribution in [2.75, 3.05) is 5.32 Å². The van der Waals surface area contributed by atoms with Gasteiger partial charge in [-0.3, -0.25) is 9.78 Å². The lowest BCUT2D eigenvalue weighted by atomic mass is 10.1. The highest BCUT2D eigenvalue weighted by molar-refractivity contribution is 5.89. The summed E-state index contributed by atoms with van der Waals surface area (Å²) in [7, 11) is 0. The van der Waals surface area contributed by atoms with Gasteiger partial charge in [0.2, 0.25) is 0 Å². The molecule has 0 unspecified atom stereocenters. The smallest absolute Gasteiger partial charge is 0.319 e. The number of carbonyl (C=O) groups is 2. The second-order valence-electron chi connectivity index (χ2n) is 4.39. The minimum Gasteiger partial charge on any atom is -0.481 e. The maximum absolute atomic E-state index is 11.6. The van der Waals surface area contributed by atoms with Crippen LogP contribution in [-0.2, 0) is 4.79 Å². The molecule has 6 nitrogen and oxygen atoms in total. The first-order valence-electron chi connectivity index (χ1n) is 5.85. The first kappa shape index (κ1) is 12.3. The molecule has 0 aliphatic heterocycles. The number of aromatic nitrogens is 1. The fourth-order valence-corrected chi connectivity index (χ4v) is 2.13. The number of hydrogen-bond donors (Lipinski definition) is 3. The summed E-state index contributed by atoms with van der Waals surface area (Å²) in [4.78, 5) is 26.3. The summed E-state index contributed by atoms with van der Waals surface area (Å²) in [5.41, 5.74) is 0.614. The Labute approximate surface area is 104 Å². The third-order valence-corrected chi connectivity index (χ3v) is 3.04. The average molecular weight is 249 g/mol. The van der Waals surface area contributed by atoms with Crippen molar-refractivity contribution in [1.82, 2.24) is 10.3 Å².